The highest BCUT2D eigenvalue weighted by atomic mass is 16.6. The summed E-state index contributed by atoms with van der Waals surface area (Å²) in [4.78, 5) is 14.7. The van der Waals surface area contributed by atoms with Crippen LogP contribution in [0.1, 0.15) is 18.1 Å². The third kappa shape index (κ3) is 3.76. The second-order valence-corrected chi connectivity index (χ2v) is 4.54. The number of ether oxygens (including phenoxy) is 1. The standard InChI is InChI=1S/C15H17N3O3/c1-3-16-9-12-7-8-15(17-10-12)21-14-6-4-5-13(11(14)2)18(19)20/h4-8,10,16H,3,9H2,1-2H3. The van der Waals surface area contributed by atoms with Gasteiger partial charge in [0.1, 0.15) is 5.75 Å². The van der Waals surface area contributed by atoms with E-state index >= 15 is 0 Å². The van der Waals surface area contributed by atoms with Crippen LogP contribution < -0.4 is 10.1 Å². The Kier molecular flexibility index (Phi) is 4.84. The number of benzene rings is 1. The van der Waals surface area contributed by atoms with Crippen LogP contribution in [0.15, 0.2) is 36.5 Å². The molecule has 0 atom stereocenters. The maximum Gasteiger partial charge on any atom is 0.276 e. The molecule has 1 aromatic carbocycles. The molecule has 0 bridgehead atoms. The summed E-state index contributed by atoms with van der Waals surface area (Å²) >= 11 is 0. The van der Waals surface area contributed by atoms with Crippen LogP contribution in [0, 0.1) is 17.0 Å². The molecule has 0 fully saturated rings. The average Bonchev–Trinajstić information content (AvgIpc) is 2.48. The molecule has 1 heterocycles. The molecule has 0 saturated carbocycles. The van der Waals surface area contributed by atoms with E-state index in [0.717, 1.165) is 18.7 Å². The summed E-state index contributed by atoms with van der Waals surface area (Å²) in [5.74, 6) is 0.856. The lowest BCUT2D eigenvalue weighted by atomic mass is 10.2. The summed E-state index contributed by atoms with van der Waals surface area (Å²) in [7, 11) is 0. The van der Waals surface area contributed by atoms with Crippen molar-refractivity contribution in [3.63, 3.8) is 0 Å². The molecule has 0 aliphatic rings. The molecule has 0 amide bonds. The minimum absolute atomic E-state index is 0.0382. The van der Waals surface area contributed by atoms with Gasteiger partial charge in [-0.15, -0.1) is 0 Å². The van der Waals surface area contributed by atoms with Crippen LogP contribution in [0.4, 0.5) is 5.69 Å². The molecule has 0 unspecified atom stereocenters. The smallest absolute Gasteiger partial charge is 0.276 e. The topological polar surface area (TPSA) is 77.3 Å². The van der Waals surface area contributed by atoms with Crippen LogP contribution in [0.5, 0.6) is 11.6 Å². The van der Waals surface area contributed by atoms with Crippen molar-refractivity contribution in [1.29, 1.82) is 0 Å². The summed E-state index contributed by atoms with van der Waals surface area (Å²) in [6.45, 7) is 5.34. The van der Waals surface area contributed by atoms with Crippen molar-refractivity contribution >= 4 is 5.69 Å². The molecule has 2 rings (SSSR count). The molecule has 0 aliphatic carbocycles. The van der Waals surface area contributed by atoms with Gasteiger partial charge in [-0.1, -0.05) is 19.1 Å². The molecule has 2 aromatic rings. The van der Waals surface area contributed by atoms with E-state index in [1.165, 1.54) is 6.07 Å². The molecule has 1 N–H and O–H groups in total. The Morgan fingerprint density at radius 2 is 2.14 bits per heavy atom. The second-order valence-electron chi connectivity index (χ2n) is 4.54. The highest BCUT2D eigenvalue weighted by molar-refractivity contribution is 5.49. The molecule has 21 heavy (non-hydrogen) atoms. The molecule has 6 heteroatoms. The van der Waals surface area contributed by atoms with Gasteiger partial charge in [-0.3, -0.25) is 10.1 Å². The first-order valence-corrected chi connectivity index (χ1v) is 6.69. The second kappa shape index (κ2) is 6.81. The Labute approximate surface area is 122 Å². The minimum atomic E-state index is -0.421. The zero-order valence-corrected chi connectivity index (χ0v) is 12.0. The van der Waals surface area contributed by atoms with Crippen molar-refractivity contribution in [1.82, 2.24) is 10.3 Å². The van der Waals surface area contributed by atoms with Crippen LogP contribution in [0.25, 0.3) is 0 Å². The van der Waals surface area contributed by atoms with Gasteiger partial charge >= 0.3 is 0 Å². The lowest BCUT2D eigenvalue weighted by molar-refractivity contribution is -0.385. The van der Waals surface area contributed by atoms with Gasteiger partial charge in [0.2, 0.25) is 5.88 Å². The van der Waals surface area contributed by atoms with E-state index in [1.807, 2.05) is 13.0 Å². The fourth-order valence-electron chi connectivity index (χ4n) is 1.87. The maximum atomic E-state index is 10.9. The number of aromatic nitrogens is 1. The van der Waals surface area contributed by atoms with Gasteiger partial charge in [-0.05, 0) is 25.1 Å². The Morgan fingerprint density at radius 1 is 1.33 bits per heavy atom. The summed E-state index contributed by atoms with van der Waals surface area (Å²) in [6, 6.07) is 8.41. The van der Waals surface area contributed by atoms with Gasteiger partial charge in [0.25, 0.3) is 5.69 Å². The van der Waals surface area contributed by atoms with E-state index in [4.69, 9.17) is 4.74 Å². The molecule has 6 nitrogen and oxygen atoms in total. The summed E-state index contributed by atoms with van der Waals surface area (Å²) < 4.78 is 5.62. The molecule has 1 aromatic heterocycles. The van der Waals surface area contributed by atoms with E-state index in [0.29, 0.717) is 17.2 Å². The number of pyridine rings is 1. The highest BCUT2D eigenvalue weighted by Crippen LogP contribution is 2.30. The minimum Gasteiger partial charge on any atom is -0.439 e. The van der Waals surface area contributed by atoms with Crippen LogP contribution in [-0.2, 0) is 6.54 Å². The van der Waals surface area contributed by atoms with Gasteiger partial charge < -0.3 is 10.1 Å². The number of nitrogens with one attached hydrogen (secondary N) is 1. The lowest BCUT2D eigenvalue weighted by Gasteiger charge is -2.08. The van der Waals surface area contributed by atoms with Crippen molar-refractivity contribution < 1.29 is 9.66 Å². The van der Waals surface area contributed by atoms with E-state index in [1.54, 1.807) is 31.3 Å². The summed E-state index contributed by atoms with van der Waals surface area (Å²) in [6.07, 6.45) is 1.73. The van der Waals surface area contributed by atoms with Gasteiger partial charge in [-0.25, -0.2) is 4.98 Å². The van der Waals surface area contributed by atoms with Crippen LogP contribution >= 0.6 is 0 Å². The van der Waals surface area contributed by atoms with Crippen molar-refractivity contribution in [2.24, 2.45) is 0 Å². The molecule has 110 valence electrons. The van der Waals surface area contributed by atoms with Crippen molar-refractivity contribution in [2.45, 2.75) is 20.4 Å². The lowest BCUT2D eigenvalue weighted by Crippen LogP contribution is -2.11. The van der Waals surface area contributed by atoms with Gasteiger partial charge in [-0.2, -0.15) is 0 Å². The number of hydrogen-bond acceptors (Lipinski definition) is 5. The van der Waals surface area contributed by atoms with E-state index in [-0.39, 0.29) is 5.69 Å². The Hall–Kier alpha value is -2.47. The van der Waals surface area contributed by atoms with Gasteiger partial charge in [0.05, 0.1) is 10.5 Å². The first-order chi connectivity index (χ1) is 10.1. The third-order valence-corrected chi connectivity index (χ3v) is 3.04. The predicted molar refractivity (Wildman–Crippen MR) is 79.5 cm³/mol. The molecule has 0 spiro atoms. The predicted octanol–water partition coefficient (Wildman–Crippen LogP) is 3.20. The van der Waals surface area contributed by atoms with E-state index < -0.39 is 4.92 Å². The largest absolute Gasteiger partial charge is 0.439 e. The first kappa shape index (κ1) is 14.9. The molecule has 0 saturated heterocycles. The summed E-state index contributed by atoms with van der Waals surface area (Å²) in [5.41, 5.74) is 1.58. The van der Waals surface area contributed by atoms with Crippen molar-refractivity contribution in [2.75, 3.05) is 6.54 Å². The Bertz CT molecular complexity index is 627. The van der Waals surface area contributed by atoms with Crippen LogP contribution in [0.2, 0.25) is 0 Å². The quantitative estimate of drug-likeness (QED) is 0.652. The number of nitro groups is 1. The fourth-order valence-corrected chi connectivity index (χ4v) is 1.87. The highest BCUT2D eigenvalue weighted by Gasteiger charge is 2.14. The first-order valence-electron chi connectivity index (χ1n) is 6.69. The van der Waals surface area contributed by atoms with Gasteiger partial charge in [0, 0.05) is 24.9 Å². The van der Waals surface area contributed by atoms with Crippen LogP contribution in [0.3, 0.4) is 0 Å². The third-order valence-electron chi connectivity index (χ3n) is 3.04. The zero-order valence-electron chi connectivity index (χ0n) is 12.0. The van der Waals surface area contributed by atoms with Crippen molar-refractivity contribution in [3.8, 4) is 11.6 Å². The Balaban J connectivity index is 2.15. The molecule has 0 aliphatic heterocycles. The Morgan fingerprint density at radius 3 is 2.76 bits per heavy atom. The summed E-state index contributed by atoms with van der Waals surface area (Å²) in [5, 5.41) is 14.1. The number of nitrogens with zero attached hydrogens (tertiary/aromatic N) is 2. The molecular weight excluding hydrogens is 270 g/mol. The van der Waals surface area contributed by atoms with Crippen molar-refractivity contribution in [3.05, 3.63) is 57.8 Å². The zero-order chi connectivity index (χ0) is 15.2. The van der Waals surface area contributed by atoms with Crippen LogP contribution in [-0.4, -0.2) is 16.5 Å². The SMILES string of the molecule is CCNCc1ccc(Oc2cccc([N+](=O)[O-])c2C)nc1. The van der Waals surface area contributed by atoms with E-state index in [2.05, 4.69) is 10.3 Å². The average molecular weight is 287 g/mol. The van der Waals surface area contributed by atoms with Gasteiger partial charge in [0.15, 0.2) is 0 Å². The molecular formula is C15H17N3O3. The normalized spacial score (nSPS) is 10.4. The van der Waals surface area contributed by atoms with E-state index in [9.17, 15) is 10.1 Å². The number of hydrogen-bond donors (Lipinski definition) is 1. The number of rotatable bonds is 6. The number of nitro benzene ring substituents is 1. The molecule has 0 radical (unpaired) electrons. The monoisotopic (exact) mass is 287 g/mol. The fraction of sp³-hybridized carbons (Fsp3) is 0.267. The maximum absolute atomic E-state index is 10.9.